The number of carbonyl (C=O) groups excluding carboxylic acids is 3. The van der Waals surface area contributed by atoms with Gasteiger partial charge in [-0.2, -0.15) is 0 Å². The standard InChI is InChI=1S/C39H68O8/c1-4-5-6-7-8-9-10-14-17-20-23-35(43)36-26-27-37(47-36)38(46-31(3)40)29-34(42)22-19-16-13-11-12-15-18-21-33(41)25-24-32-28-30(2)45-39(32)44/h28,30,34-38,42-43H,4-27,29H2,1-3H3/t30?,34?,35-,36+,37+,38+/m0/s1. The van der Waals surface area contributed by atoms with Crippen molar-refractivity contribution in [3.05, 3.63) is 11.6 Å². The van der Waals surface area contributed by atoms with Gasteiger partial charge in [0.25, 0.3) is 0 Å². The van der Waals surface area contributed by atoms with E-state index in [2.05, 4.69) is 6.92 Å². The van der Waals surface area contributed by atoms with E-state index in [4.69, 9.17) is 14.2 Å². The Morgan fingerprint density at radius 1 is 0.809 bits per heavy atom. The van der Waals surface area contributed by atoms with Crippen LogP contribution in [-0.2, 0) is 28.6 Å². The molecule has 47 heavy (non-hydrogen) atoms. The number of cyclic esters (lactones) is 1. The molecule has 0 bridgehead atoms. The zero-order chi connectivity index (χ0) is 34.3. The Morgan fingerprint density at radius 2 is 1.36 bits per heavy atom. The number of unbranched alkanes of at least 4 members (excludes halogenated alkanes) is 15. The van der Waals surface area contributed by atoms with Crippen molar-refractivity contribution in [3.63, 3.8) is 0 Å². The van der Waals surface area contributed by atoms with Crippen LogP contribution < -0.4 is 0 Å². The minimum absolute atomic E-state index is 0.183. The average Bonchev–Trinajstić information content (AvgIpc) is 3.65. The first-order valence-electron chi connectivity index (χ1n) is 19.3. The summed E-state index contributed by atoms with van der Waals surface area (Å²) in [5.74, 6) is -0.449. The number of aliphatic hydroxyl groups is 2. The van der Waals surface area contributed by atoms with Crippen LogP contribution in [0.5, 0.6) is 0 Å². The molecule has 2 heterocycles. The molecule has 2 rings (SSSR count). The minimum atomic E-state index is -0.561. The van der Waals surface area contributed by atoms with Gasteiger partial charge in [-0.05, 0) is 51.5 Å². The van der Waals surface area contributed by atoms with Gasteiger partial charge in [-0.3, -0.25) is 9.59 Å². The van der Waals surface area contributed by atoms with E-state index in [1.165, 1.54) is 58.3 Å². The Hall–Kier alpha value is -1.77. The van der Waals surface area contributed by atoms with E-state index < -0.39 is 18.3 Å². The lowest BCUT2D eigenvalue weighted by molar-refractivity contribution is -0.159. The number of Topliss-reactive ketones (excluding diaryl/α,β-unsaturated/α-hetero) is 1. The highest BCUT2D eigenvalue weighted by molar-refractivity contribution is 5.91. The molecule has 2 unspecified atom stereocenters. The average molecular weight is 665 g/mol. The lowest BCUT2D eigenvalue weighted by Gasteiger charge is -2.27. The number of hydrogen-bond donors (Lipinski definition) is 2. The van der Waals surface area contributed by atoms with Gasteiger partial charge in [0.15, 0.2) is 0 Å². The van der Waals surface area contributed by atoms with Crippen LogP contribution in [0.2, 0.25) is 0 Å². The Labute approximate surface area is 285 Å². The lowest BCUT2D eigenvalue weighted by Crippen LogP contribution is -2.36. The number of carbonyl (C=O) groups is 3. The molecule has 0 amide bonds. The Balaban J connectivity index is 1.51. The summed E-state index contributed by atoms with van der Waals surface area (Å²) in [5, 5.41) is 21.5. The van der Waals surface area contributed by atoms with Crippen molar-refractivity contribution in [1.82, 2.24) is 0 Å². The van der Waals surface area contributed by atoms with Gasteiger partial charge in [-0.1, -0.05) is 110 Å². The smallest absolute Gasteiger partial charge is 0.334 e. The fourth-order valence-electron chi connectivity index (χ4n) is 6.95. The number of esters is 2. The number of hydrogen-bond acceptors (Lipinski definition) is 8. The van der Waals surface area contributed by atoms with E-state index in [1.807, 2.05) is 6.92 Å². The van der Waals surface area contributed by atoms with Gasteiger partial charge in [0.05, 0.1) is 24.4 Å². The zero-order valence-electron chi connectivity index (χ0n) is 30.1. The second kappa shape index (κ2) is 25.2. The van der Waals surface area contributed by atoms with Gasteiger partial charge in [-0.15, -0.1) is 0 Å². The van der Waals surface area contributed by atoms with Crippen molar-refractivity contribution >= 4 is 17.7 Å². The third-order valence-electron chi connectivity index (χ3n) is 9.76. The number of aliphatic hydroxyl groups excluding tert-OH is 2. The summed E-state index contributed by atoms with van der Waals surface area (Å²) in [7, 11) is 0. The fraction of sp³-hybridized carbons (Fsp3) is 0.872. The van der Waals surface area contributed by atoms with Gasteiger partial charge >= 0.3 is 11.9 Å². The maximum Gasteiger partial charge on any atom is 0.334 e. The Bertz CT molecular complexity index is 901. The van der Waals surface area contributed by atoms with Crippen molar-refractivity contribution in [2.45, 2.75) is 218 Å². The molecule has 8 heteroatoms. The van der Waals surface area contributed by atoms with Crippen LogP contribution >= 0.6 is 0 Å². The third-order valence-corrected chi connectivity index (χ3v) is 9.76. The topological polar surface area (TPSA) is 119 Å². The molecule has 2 aliphatic heterocycles. The molecule has 0 saturated carbocycles. The molecule has 2 N–H and O–H groups in total. The highest BCUT2D eigenvalue weighted by Gasteiger charge is 2.37. The van der Waals surface area contributed by atoms with Gasteiger partial charge in [0.2, 0.25) is 0 Å². The van der Waals surface area contributed by atoms with Gasteiger partial charge in [0, 0.05) is 31.8 Å². The molecule has 272 valence electrons. The largest absolute Gasteiger partial charge is 0.460 e. The van der Waals surface area contributed by atoms with Crippen molar-refractivity contribution in [2.24, 2.45) is 0 Å². The molecule has 0 spiro atoms. The Kier molecular flexibility index (Phi) is 22.2. The van der Waals surface area contributed by atoms with Crippen LogP contribution in [0.4, 0.5) is 0 Å². The summed E-state index contributed by atoms with van der Waals surface area (Å²) in [6.07, 6.45) is 24.0. The van der Waals surface area contributed by atoms with E-state index in [0.29, 0.717) is 37.7 Å². The molecule has 0 aromatic heterocycles. The van der Waals surface area contributed by atoms with Crippen molar-refractivity contribution in [1.29, 1.82) is 0 Å². The molecule has 0 aliphatic carbocycles. The van der Waals surface area contributed by atoms with Crippen LogP contribution in [0.25, 0.3) is 0 Å². The minimum Gasteiger partial charge on any atom is -0.460 e. The second-order valence-corrected chi connectivity index (χ2v) is 14.2. The third kappa shape index (κ3) is 19.1. The first kappa shape index (κ1) is 41.4. The summed E-state index contributed by atoms with van der Waals surface area (Å²) in [6.45, 7) is 5.47. The van der Waals surface area contributed by atoms with Crippen molar-refractivity contribution in [2.75, 3.05) is 0 Å². The summed E-state index contributed by atoms with van der Waals surface area (Å²) < 4.78 is 16.9. The van der Waals surface area contributed by atoms with Gasteiger partial charge in [0.1, 0.15) is 18.0 Å². The number of ketones is 1. The molecule has 1 fully saturated rings. The lowest BCUT2D eigenvalue weighted by atomic mass is 9.98. The number of rotatable bonds is 29. The fourth-order valence-corrected chi connectivity index (χ4v) is 6.95. The summed E-state index contributed by atoms with van der Waals surface area (Å²) in [4.78, 5) is 35.6. The number of ether oxygens (including phenoxy) is 3. The van der Waals surface area contributed by atoms with Crippen LogP contribution in [0, 0.1) is 0 Å². The zero-order valence-corrected chi connectivity index (χ0v) is 30.1. The Morgan fingerprint density at radius 3 is 1.94 bits per heavy atom. The van der Waals surface area contributed by atoms with E-state index in [0.717, 1.165) is 77.0 Å². The quantitative estimate of drug-likeness (QED) is 0.0603. The first-order valence-corrected chi connectivity index (χ1v) is 19.3. The van der Waals surface area contributed by atoms with E-state index in [1.54, 1.807) is 6.08 Å². The molecule has 0 aromatic carbocycles. The van der Waals surface area contributed by atoms with Crippen molar-refractivity contribution < 1.29 is 38.8 Å². The van der Waals surface area contributed by atoms with Crippen LogP contribution in [0.1, 0.15) is 181 Å². The molecular weight excluding hydrogens is 596 g/mol. The molecule has 6 atom stereocenters. The molecule has 2 aliphatic rings. The van der Waals surface area contributed by atoms with E-state index in [-0.39, 0.29) is 36.0 Å². The molecule has 0 aromatic rings. The van der Waals surface area contributed by atoms with E-state index >= 15 is 0 Å². The molecule has 8 nitrogen and oxygen atoms in total. The predicted octanol–water partition coefficient (Wildman–Crippen LogP) is 8.62. The molecular formula is C39H68O8. The van der Waals surface area contributed by atoms with Gasteiger partial charge < -0.3 is 24.4 Å². The maximum atomic E-state index is 12.1. The van der Waals surface area contributed by atoms with Crippen LogP contribution in [0.3, 0.4) is 0 Å². The summed E-state index contributed by atoms with van der Waals surface area (Å²) in [6, 6.07) is 0. The summed E-state index contributed by atoms with van der Waals surface area (Å²) >= 11 is 0. The normalized spacial score (nSPS) is 21.3. The second-order valence-electron chi connectivity index (χ2n) is 14.2. The monoisotopic (exact) mass is 664 g/mol. The SMILES string of the molecule is CCCCCCCCCCCC[C@H](O)[C@H]1CC[C@H]([C@@H](CC(O)CCCCCCCCCC(=O)CCC2=CC(C)OC2=O)OC(C)=O)O1. The van der Waals surface area contributed by atoms with Crippen molar-refractivity contribution in [3.8, 4) is 0 Å². The highest BCUT2D eigenvalue weighted by atomic mass is 16.6. The van der Waals surface area contributed by atoms with Crippen LogP contribution in [0.15, 0.2) is 11.6 Å². The first-order chi connectivity index (χ1) is 22.7. The molecule has 0 radical (unpaired) electrons. The van der Waals surface area contributed by atoms with E-state index in [9.17, 15) is 24.6 Å². The predicted molar refractivity (Wildman–Crippen MR) is 186 cm³/mol. The molecule has 1 saturated heterocycles. The summed E-state index contributed by atoms with van der Waals surface area (Å²) in [5.41, 5.74) is 0.628. The highest BCUT2D eigenvalue weighted by Crippen LogP contribution is 2.30. The maximum absolute atomic E-state index is 12.1. The van der Waals surface area contributed by atoms with Crippen LogP contribution in [-0.4, -0.2) is 64.6 Å². The van der Waals surface area contributed by atoms with Gasteiger partial charge in [-0.25, -0.2) is 4.79 Å².